The van der Waals surface area contributed by atoms with Crippen LogP contribution in [0.2, 0.25) is 0 Å². The Morgan fingerprint density at radius 3 is 2.59 bits per heavy atom. The predicted molar refractivity (Wildman–Crippen MR) is 111 cm³/mol. The van der Waals surface area contributed by atoms with Gasteiger partial charge in [0, 0.05) is 15.7 Å². The minimum Gasteiger partial charge on any atom is -0.434 e. The molecular weight excluding hydrogens is 442 g/mol. The minimum atomic E-state index is -2.92. The number of fused-ring (bicyclic) bond motifs is 1. The molecule has 1 aliphatic rings. The molecule has 0 fully saturated rings. The number of anilines is 1. The van der Waals surface area contributed by atoms with Gasteiger partial charge in [0.2, 0.25) is 5.95 Å². The van der Waals surface area contributed by atoms with Crippen LogP contribution in [0, 0.1) is 0 Å². The monoisotopic (exact) mass is 460 g/mol. The zero-order valence-electron chi connectivity index (χ0n) is 15.8. The largest absolute Gasteiger partial charge is 0.434 e. The molecule has 0 radical (unpaired) electrons. The maximum absolute atomic E-state index is 13.0. The van der Waals surface area contributed by atoms with Gasteiger partial charge in [0.05, 0.1) is 0 Å². The molecule has 0 spiro atoms. The molecule has 29 heavy (non-hydrogen) atoms. The molecule has 1 aliphatic heterocycles. The second-order valence-electron chi connectivity index (χ2n) is 7.02. The third-order valence-electron chi connectivity index (χ3n) is 4.80. The van der Waals surface area contributed by atoms with Gasteiger partial charge in [-0.25, -0.2) is 4.68 Å². The lowest BCUT2D eigenvalue weighted by Gasteiger charge is -2.26. The molecule has 8 heteroatoms. The van der Waals surface area contributed by atoms with Gasteiger partial charge in [0.25, 0.3) is 0 Å². The average molecular weight is 461 g/mol. The van der Waals surface area contributed by atoms with Crippen molar-refractivity contribution in [2.45, 2.75) is 32.4 Å². The zero-order chi connectivity index (χ0) is 20.5. The summed E-state index contributed by atoms with van der Waals surface area (Å²) in [4.78, 5) is 4.27. The Labute approximate surface area is 175 Å². The highest BCUT2D eigenvalue weighted by atomic mass is 79.9. The van der Waals surface area contributed by atoms with E-state index in [4.69, 9.17) is 4.74 Å². The molecule has 0 bridgehead atoms. The van der Waals surface area contributed by atoms with Crippen LogP contribution in [0.3, 0.4) is 0 Å². The Morgan fingerprint density at radius 2 is 1.90 bits per heavy atom. The number of hydrogen-bond donors (Lipinski definition) is 1. The predicted octanol–water partition coefficient (Wildman–Crippen LogP) is 5.82. The van der Waals surface area contributed by atoms with Gasteiger partial charge < -0.3 is 10.1 Å². The summed E-state index contributed by atoms with van der Waals surface area (Å²) < 4.78 is 33.1. The molecule has 2 heterocycles. The van der Waals surface area contributed by atoms with E-state index < -0.39 is 12.7 Å². The number of benzene rings is 2. The van der Waals surface area contributed by atoms with Gasteiger partial charge in [0.15, 0.2) is 0 Å². The Kier molecular flexibility index (Phi) is 5.36. The quantitative estimate of drug-likeness (QED) is 0.520. The first-order valence-electron chi connectivity index (χ1n) is 9.15. The van der Waals surface area contributed by atoms with Crippen LogP contribution in [0.1, 0.15) is 42.5 Å². The molecule has 1 N–H and O–H groups in total. The highest BCUT2D eigenvalue weighted by Crippen LogP contribution is 2.38. The van der Waals surface area contributed by atoms with Crippen molar-refractivity contribution in [3.63, 3.8) is 0 Å². The third-order valence-corrected chi connectivity index (χ3v) is 5.30. The fourth-order valence-corrected chi connectivity index (χ4v) is 3.70. The number of rotatable bonds is 5. The summed E-state index contributed by atoms with van der Waals surface area (Å²) in [6.07, 6.45) is 3.37. The van der Waals surface area contributed by atoms with Crippen LogP contribution in [0.15, 0.2) is 59.3 Å². The lowest BCUT2D eigenvalue weighted by atomic mass is 9.98. The first-order chi connectivity index (χ1) is 13.9. The summed E-state index contributed by atoms with van der Waals surface area (Å²) in [7, 11) is 0. The summed E-state index contributed by atoms with van der Waals surface area (Å²) >= 11 is 3.42. The molecule has 0 saturated heterocycles. The molecular formula is C21H19BrF2N4O. The van der Waals surface area contributed by atoms with Gasteiger partial charge in [0.1, 0.15) is 18.1 Å². The molecule has 0 unspecified atom stereocenters. The summed E-state index contributed by atoms with van der Waals surface area (Å²) in [6.45, 7) is 1.37. The number of allylic oxidation sites excluding steroid dienone is 1. The number of aromatic nitrogens is 3. The van der Waals surface area contributed by atoms with Gasteiger partial charge in [-0.05, 0) is 41.3 Å². The summed E-state index contributed by atoms with van der Waals surface area (Å²) in [5, 5.41) is 7.54. The zero-order valence-corrected chi connectivity index (χ0v) is 17.4. The topological polar surface area (TPSA) is 52.0 Å². The summed E-state index contributed by atoms with van der Waals surface area (Å²) in [6, 6.07) is 12.7. The van der Waals surface area contributed by atoms with Crippen molar-refractivity contribution in [3.05, 3.63) is 76.0 Å². The van der Waals surface area contributed by atoms with E-state index in [9.17, 15) is 8.78 Å². The molecule has 1 aromatic heterocycles. The van der Waals surface area contributed by atoms with E-state index in [-0.39, 0.29) is 5.75 Å². The number of ether oxygens (including phenoxy) is 1. The highest BCUT2D eigenvalue weighted by Gasteiger charge is 2.27. The summed E-state index contributed by atoms with van der Waals surface area (Å²) in [5.41, 5.74) is 3.60. The number of alkyl halides is 2. The molecule has 2 aromatic carbocycles. The fraction of sp³-hybridized carbons (Fsp3) is 0.238. The summed E-state index contributed by atoms with van der Waals surface area (Å²) in [5.74, 6) is 1.06. The van der Waals surface area contributed by atoms with E-state index in [0.29, 0.717) is 17.4 Å². The SMILES string of the molecule is CC(C)c1ccc(C2=C[C@@H](c3cc(Br)ccc3OC(F)F)n3ncnc3N2)cc1. The number of nitrogens with zero attached hydrogens (tertiary/aromatic N) is 3. The molecule has 0 saturated carbocycles. The average Bonchev–Trinajstić information content (AvgIpc) is 3.17. The molecule has 3 aromatic rings. The van der Waals surface area contributed by atoms with Crippen LogP contribution in [-0.4, -0.2) is 21.4 Å². The molecule has 0 aliphatic carbocycles. The van der Waals surface area contributed by atoms with E-state index in [2.05, 4.69) is 57.3 Å². The van der Waals surface area contributed by atoms with Gasteiger partial charge >= 0.3 is 6.61 Å². The van der Waals surface area contributed by atoms with Crippen molar-refractivity contribution in [1.82, 2.24) is 14.8 Å². The molecule has 150 valence electrons. The number of nitrogens with one attached hydrogen (secondary N) is 1. The van der Waals surface area contributed by atoms with Crippen molar-refractivity contribution in [2.24, 2.45) is 0 Å². The van der Waals surface area contributed by atoms with E-state index in [1.165, 1.54) is 18.0 Å². The molecule has 1 atom stereocenters. The van der Waals surface area contributed by atoms with E-state index in [0.717, 1.165) is 15.7 Å². The van der Waals surface area contributed by atoms with Crippen LogP contribution >= 0.6 is 15.9 Å². The maximum atomic E-state index is 13.0. The Morgan fingerprint density at radius 1 is 1.14 bits per heavy atom. The number of halogens is 3. The van der Waals surface area contributed by atoms with Crippen molar-refractivity contribution in [2.75, 3.05) is 5.32 Å². The first-order valence-corrected chi connectivity index (χ1v) is 9.94. The maximum Gasteiger partial charge on any atom is 0.387 e. The van der Waals surface area contributed by atoms with E-state index in [1.807, 2.05) is 18.2 Å². The lowest BCUT2D eigenvalue weighted by molar-refractivity contribution is -0.0506. The van der Waals surface area contributed by atoms with Crippen molar-refractivity contribution < 1.29 is 13.5 Å². The van der Waals surface area contributed by atoms with Gasteiger partial charge in [-0.15, -0.1) is 0 Å². The molecule has 0 amide bonds. The second kappa shape index (κ2) is 7.94. The van der Waals surface area contributed by atoms with Crippen LogP contribution in [0.4, 0.5) is 14.7 Å². The van der Waals surface area contributed by atoms with Gasteiger partial charge in [-0.2, -0.15) is 18.9 Å². The Hall–Kier alpha value is -2.74. The van der Waals surface area contributed by atoms with E-state index in [1.54, 1.807) is 16.8 Å². The van der Waals surface area contributed by atoms with E-state index >= 15 is 0 Å². The van der Waals surface area contributed by atoms with Crippen molar-refractivity contribution in [1.29, 1.82) is 0 Å². The fourth-order valence-electron chi connectivity index (χ4n) is 3.32. The lowest BCUT2D eigenvalue weighted by Crippen LogP contribution is -2.21. The van der Waals surface area contributed by atoms with Gasteiger partial charge in [-0.3, -0.25) is 0 Å². The smallest absolute Gasteiger partial charge is 0.387 e. The highest BCUT2D eigenvalue weighted by molar-refractivity contribution is 9.10. The first kappa shape index (κ1) is 19.6. The standard InChI is InChI=1S/C21H19BrF2N4O/c1-12(2)13-3-5-14(6-4-13)17-10-18(28-21(27-17)25-11-26-28)16-9-15(22)7-8-19(16)29-20(23)24/h3-12,18,20H,1-2H3,(H,25,26,27)/t18-/m0/s1. The number of hydrogen-bond acceptors (Lipinski definition) is 4. The Balaban J connectivity index is 1.79. The molecule has 5 nitrogen and oxygen atoms in total. The van der Waals surface area contributed by atoms with Crippen LogP contribution in [0.5, 0.6) is 5.75 Å². The normalized spacial score (nSPS) is 15.8. The van der Waals surface area contributed by atoms with Crippen LogP contribution in [0.25, 0.3) is 5.70 Å². The minimum absolute atomic E-state index is 0.0994. The van der Waals surface area contributed by atoms with Crippen LogP contribution < -0.4 is 10.1 Å². The third kappa shape index (κ3) is 4.03. The van der Waals surface area contributed by atoms with Crippen molar-refractivity contribution in [3.8, 4) is 5.75 Å². The van der Waals surface area contributed by atoms with Crippen molar-refractivity contribution >= 4 is 27.6 Å². The molecule has 4 rings (SSSR count). The second-order valence-corrected chi connectivity index (χ2v) is 7.93. The van der Waals surface area contributed by atoms with Crippen LogP contribution in [-0.2, 0) is 0 Å². The Bertz CT molecular complexity index is 1050. The van der Waals surface area contributed by atoms with Gasteiger partial charge in [-0.1, -0.05) is 54.0 Å².